The van der Waals surface area contributed by atoms with Crippen LogP contribution in [-0.4, -0.2) is 25.8 Å². The van der Waals surface area contributed by atoms with Crippen molar-refractivity contribution in [3.05, 3.63) is 58.1 Å². The summed E-state index contributed by atoms with van der Waals surface area (Å²) in [6.45, 7) is 1.82. The van der Waals surface area contributed by atoms with Gasteiger partial charge < -0.3 is 9.47 Å². The summed E-state index contributed by atoms with van der Waals surface area (Å²) in [5.41, 5.74) is 2.79. The van der Waals surface area contributed by atoms with Crippen LogP contribution in [0, 0.1) is 0 Å². The van der Waals surface area contributed by atoms with Crippen LogP contribution < -0.4 is 14.5 Å². The van der Waals surface area contributed by atoms with Crippen molar-refractivity contribution in [2.24, 2.45) is 5.10 Å². The number of hydrogen-bond acceptors (Lipinski definition) is 4. The molecule has 0 fully saturated rings. The normalized spacial score (nSPS) is 15.5. The Morgan fingerprint density at radius 2 is 1.72 bits per heavy atom. The Labute approximate surface area is 154 Å². The molecule has 0 saturated heterocycles. The second-order valence-electron chi connectivity index (χ2n) is 5.45. The fraction of sp³-hybridized carbons (Fsp3) is 0.158. The maximum absolute atomic E-state index is 12.8. The predicted molar refractivity (Wildman–Crippen MR) is 102 cm³/mol. The van der Waals surface area contributed by atoms with E-state index in [9.17, 15) is 4.79 Å². The number of benzene rings is 2. The maximum atomic E-state index is 12.8. The van der Waals surface area contributed by atoms with E-state index in [-0.39, 0.29) is 5.91 Å². The van der Waals surface area contributed by atoms with Crippen molar-refractivity contribution in [1.82, 2.24) is 0 Å². The summed E-state index contributed by atoms with van der Waals surface area (Å²) in [6.07, 6.45) is 1.81. The highest BCUT2D eigenvalue weighted by Gasteiger charge is 2.28. The summed E-state index contributed by atoms with van der Waals surface area (Å²) in [6, 6.07) is 13.0. The number of halogens is 1. The number of nitrogens with zero attached hydrogens (tertiary/aromatic N) is 2. The first-order valence-electron chi connectivity index (χ1n) is 7.63. The Morgan fingerprint density at radius 3 is 2.36 bits per heavy atom. The fourth-order valence-corrected chi connectivity index (χ4v) is 2.82. The minimum Gasteiger partial charge on any atom is -0.493 e. The number of carbonyl (C=O) groups excluding carboxylic acids is 1. The number of hydrazone groups is 1. The number of amides is 1. The molecule has 25 heavy (non-hydrogen) atoms. The van der Waals surface area contributed by atoms with Gasteiger partial charge in [0.05, 0.1) is 31.2 Å². The molecule has 6 heteroatoms. The number of carbonyl (C=O) groups is 1. The van der Waals surface area contributed by atoms with Crippen LogP contribution in [0.5, 0.6) is 11.5 Å². The van der Waals surface area contributed by atoms with Crippen molar-refractivity contribution in [3.63, 3.8) is 0 Å². The lowest BCUT2D eigenvalue weighted by atomic mass is 10.1. The minimum absolute atomic E-state index is 0.158. The summed E-state index contributed by atoms with van der Waals surface area (Å²) in [5.74, 6) is 1.10. The fourth-order valence-electron chi connectivity index (χ4n) is 2.55. The van der Waals surface area contributed by atoms with Gasteiger partial charge in [0, 0.05) is 4.47 Å². The van der Waals surface area contributed by atoms with E-state index in [4.69, 9.17) is 9.47 Å². The van der Waals surface area contributed by atoms with Crippen molar-refractivity contribution in [3.8, 4) is 11.5 Å². The number of ether oxygens (including phenoxy) is 2. The zero-order valence-electron chi connectivity index (χ0n) is 14.1. The molecule has 1 aliphatic rings. The molecule has 0 aromatic heterocycles. The molecule has 0 spiro atoms. The average molecular weight is 401 g/mol. The molecule has 1 heterocycles. The molecule has 5 nitrogen and oxygen atoms in total. The van der Waals surface area contributed by atoms with Gasteiger partial charge in [0.2, 0.25) is 0 Å². The van der Waals surface area contributed by atoms with Crippen LogP contribution in [0.3, 0.4) is 0 Å². The number of rotatable bonds is 4. The van der Waals surface area contributed by atoms with Gasteiger partial charge in [-0.25, -0.2) is 0 Å². The first-order chi connectivity index (χ1) is 12.0. The lowest BCUT2D eigenvalue weighted by Gasteiger charge is -2.11. The smallest absolute Gasteiger partial charge is 0.280 e. The Hall–Kier alpha value is -2.60. The summed E-state index contributed by atoms with van der Waals surface area (Å²) < 4.78 is 11.5. The summed E-state index contributed by atoms with van der Waals surface area (Å²) >= 11 is 3.39. The summed E-state index contributed by atoms with van der Waals surface area (Å²) in [5, 5.41) is 5.80. The van der Waals surface area contributed by atoms with Crippen LogP contribution in [0.25, 0.3) is 6.08 Å². The van der Waals surface area contributed by atoms with Crippen LogP contribution >= 0.6 is 15.9 Å². The molecule has 0 atom stereocenters. The SMILES string of the molecule is COc1ccc(C=C2C(=O)N(c3ccc(Br)cc3)N=C2C)cc1OC. The average Bonchev–Trinajstić information content (AvgIpc) is 2.90. The molecule has 1 amide bonds. The van der Waals surface area contributed by atoms with E-state index in [1.54, 1.807) is 14.2 Å². The third-order valence-electron chi connectivity index (χ3n) is 3.85. The Balaban J connectivity index is 1.93. The van der Waals surface area contributed by atoms with Crippen LogP contribution in [0.1, 0.15) is 12.5 Å². The van der Waals surface area contributed by atoms with E-state index in [0.29, 0.717) is 22.8 Å². The van der Waals surface area contributed by atoms with Gasteiger partial charge in [0.15, 0.2) is 11.5 Å². The summed E-state index contributed by atoms with van der Waals surface area (Å²) in [7, 11) is 3.17. The lowest BCUT2D eigenvalue weighted by molar-refractivity contribution is -0.114. The molecule has 2 aromatic rings. The van der Waals surface area contributed by atoms with E-state index in [0.717, 1.165) is 15.7 Å². The van der Waals surface area contributed by atoms with Crippen LogP contribution in [0.15, 0.2) is 57.6 Å². The molecule has 2 aromatic carbocycles. The van der Waals surface area contributed by atoms with Gasteiger partial charge in [-0.1, -0.05) is 22.0 Å². The van der Waals surface area contributed by atoms with E-state index in [1.807, 2.05) is 55.5 Å². The zero-order valence-corrected chi connectivity index (χ0v) is 15.7. The molecule has 0 bridgehead atoms. The van der Waals surface area contributed by atoms with Gasteiger partial charge in [0.1, 0.15) is 0 Å². The van der Waals surface area contributed by atoms with Crippen molar-refractivity contribution < 1.29 is 14.3 Å². The van der Waals surface area contributed by atoms with Crippen molar-refractivity contribution in [1.29, 1.82) is 0 Å². The van der Waals surface area contributed by atoms with Crippen molar-refractivity contribution >= 4 is 39.3 Å². The van der Waals surface area contributed by atoms with Gasteiger partial charge in [0.25, 0.3) is 5.91 Å². The van der Waals surface area contributed by atoms with E-state index < -0.39 is 0 Å². The van der Waals surface area contributed by atoms with Crippen LogP contribution in [-0.2, 0) is 4.79 Å². The van der Waals surface area contributed by atoms with E-state index in [2.05, 4.69) is 21.0 Å². The van der Waals surface area contributed by atoms with Gasteiger partial charge in [-0.2, -0.15) is 10.1 Å². The molecule has 1 aliphatic heterocycles. The standard InChI is InChI=1S/C19H17BrN2O3/c1-12-16(10-13-4-9-17(24-2)18(11-13)25-3)19(23)22(21-12)15-7-5-14(20)6-8-15/h4-11H,1-3H3. The third kappa shape index (κ3) is 3.44. The number of methoxy groups -OCH3 is 2. The number of anilines is 1. The zero-order chi connectivity index (χ0) is 18.0. The second-order valence-corrected chi connectivity index (χ2v) is 6.37. The molecule has 0 radical (unpaired) electrons. The van der Waals surface area contributed by atoms with Crippen molar-refractivity contribution in [2.75, 3.05) is 19.2 Å². The highest BCUT2D eigenvalue weighted by molar-refractivity contribution is 9.10. The molecular weight excluding hydrogens is 384 g/mol. The molecule has 128 valence electrons. The van der Waals surface area contributed by atoms with Gasteiger partial charge in [-0.3, -0.25) is 4.79 Å². The predicted octanol–water partition coefficient (Wildman–Crippen LogP) is 4.27. The van der Waals surface area contributed by atoms with Gasteiger partial charge in [-0.05, 0) is 55.0 Å². The Kier molecular flexibility index (Phi) is 4.90. The van der Waals surface area contributed by atoms with Gasteiger partial charge in [-0.15, -0.1) is 0 Å². The van der Waals surface area contributed by atoms with Crippen LogP contribution in [0.4, 0.5) is 5.69 Å². The Morgan fingerprint density at radius 1 is 1.04 bits per heavy atom. The maximum Gasteiger partial charge on any atom is 0.280 e. The first kappa shape index (κ1) is 17.2. The monoisotopic (exact) mass is 400 g/mol. The molecule has 0 unspecified atom stereocenters. The minimum atomic E-state index is -0.158. The Bertz CT molecular complexity index is 873. The van der Waals surface area contributed by atoms with E-state index in [1.165, 1.54) is 5.01 Å². The quantitative estimate of drug-likeness (QED) is 0.719. The lowest BCUT2D eigenvalue weighted by Crippen LogP contribution is -2.21. The highest BCUT2D eigenvalue weighted by atomic mass is 79.9. The molecule has 0 aliphatic carbocycles. The molecule has 0 saturated carbocycles. The largest absolute Gasteiger partial charge is 0.493 e. The van der Waals surface area contributed by atoms with E-state index >= 15 is 0 Å². The highest BCUT2D eigenvalue weighted by Crippen LogP contribution is 2.30. The first-order valence-corrected chi connectivity index (χ1v) is 8.42. The molecular formula is C19H17BrN2O3. The molecule has 0 N–H and O–H groups in total. The third-order valence-corrected chi connectivity index (χ3v) is 4.38. The topological polar surface area (TPSA) is 51.1 Å². The second kappa shape index (κ2) is 7.11. The van der Waals surface area contributed by atoms with Crippen LogP contribution in [0.2, 0.25) is 0 Å². The van der Waals surface area contributed by atoms with Gasteiger partial charge >= 0.3 is 0 Å². The summed E-state index contributed by atoms with van der Waals surface area (Å²) in [4.78, 5) is 12.8. The number of hydrogen-bond donors (Lipinski definition) is 0. The van der Waals surface area contributed by atoms with Crippen molar-refractivity contribution in [2.45, 2.75) is 6.92 Å². The molecule has 3 rings (SSSR count).